The zero-order valence-corrected chi connectivity index (χ0v) is 14.9. The number of thiophene rings is 1. The second-order valence-electron chi connectivity index (χ2n) is 5.77. The summed E-state index contributed by atoms with van der Waals surface area (Å²) in [6.07, 6.45) is 0. The maximum Gasteiger partial charge on any atom is 0.261 e. The first-order valence-corrected chi connectivity index (χ1v) is 9.03. The van der Waals surface area contributed by atoms with E-state index in [2.05, 4.69) is 10.6 Å². The SMILES string of the molecule is O=C(CNC(=O)c1cccs1)NC(c1cccc(F)c1)c1cccc(F)c1. The van der Waals surface area contributed by atoms with Crippen LogP contribution in [0.1, 0.15) is 26.8 Å². The normalized spacial score (nSPS) is 10.6. The van der Waals surface area contributed by atoms with E-state index in [1.54, 1.807) is 29.6 Å². The number of benzene rings is 2. The van der Waals surface area contributed by atoms with Gasteiger partial charge in [0.05, 0.1) is 17.5 Å². The third kappa shape index (κ3) is 4.98. The van der Waals surface area contributed by atoms with Gasteiger partial charge in [-0.15, -0.1) is 11.3 Å². The molecule has 2 amide bonds. The molecule has 2 aromatic carbocycles. The minimum atomic E-state index is -0.748. The molecule has 0 unspecified atom stereocenters. The Hall–Kier alpha value is -3.06. The van der Waals surface area contributed by atoms with Crippen LogP contribution in [0.2, 0.25) is 0 Å². The molecule has 0 radical (unpaired) electrons. The Labute approximate surface area is 158 Å². The summed E-state index contributed by atoms with van der Waals surface area (Å²) in [5, 5.41) is 7.01. The minimum absolute atomic E-state index is 0.252. The number of carbonyl (C=O) groups is 2. The van der Waals surface area contributed by atoms with Gasteiger partial charge in [0.15, 0.2) is 0 Å². The Balaban J connectivity index is 1.75. The summed E-state index contributed by atoms with van der Waals surface area (Å²) < 4.78 is 27.3. The highest BCUT2D eigenvalue weighted by Crippen LogP contribution is 2.23. The number of hydrogen-bond acceptors (Lipinski definition) is 3. The van der Waals surface area contributed by atoms with E-state index in [1.807, 2.05) is 0 Å². The topological polar surface area (TPSA) is 58.2 Å². The van der Waals surface area contributed by atoms with Crippen molar-refractivity contribution in [1.29, 1.82) is 0 Å². The molecule has 27 heavy (non-hydrogen) atoms. The van der Waals surface area contributed by atoms with Crippen LogP contribution in [0.5, 0.6) is 0 Å². The first-order valence-electron chi connectivity index (χ1n) is 8.15. The zero-order valence-electron chi connectivity index (χ0n) is 14.1. The van der Waals surface area contributed by atoms with Crippen LogP contribution in [0, 0.1) is 11.6 Å². The van der Waals surface area contributed by atoms with Gasteiger partial charge in [0, 0.05) is 0 Å². The molecule has 3 aromatic rings. The standard InChI is InChI=1S/C20H16F2N2O2S/c21-15-6-1-4-13(10-15)19(14-5-2-7-16(22)11-14)24-18(25)12-23-20(26)17-8-3-9-27-17/h1-11,19H,12H2,(H,23,26)(H,24,25). The number of hydrogen-bond donors (Lipinski definition) is 2. The van der Waals surface area contributed by atoms with Crippen molar-refractivity contribution in [2.75, 3.05) is 6.54 Å². The largest absolute Gasteiger partial charge is 0.344 e. The van der Waals surface area contributed by atoms with E-state index in [-0.39, 0.29) is 12.5 Å². The molecule has 1 heterocycles. The molecular weight excluding hydrogens is 370 g/mol. The molecule has 1 aromatic heterocycles. The fourth-order valence-corrected chi connectivity index (χ4v) is 3.24. The minimum Gasteiger partial charge on any atom is -0.344 e. The van der Waals surface area contributed by atoms with Crippen molar-refractivity contribution < 1.29 is 18.4 Å². The first-order chi connectivity index (χ1) is 13.0. The lowest BCUT2D eigenvalue weighted by atomic mass is 9.98. The predicted octanol–water partition coefficient (Wildman–Crippen LogP) is 3.66. The molecule has 0 saturated carbocycles. The predicted molar refractivity (Wildman–Crippen MR) is 99.4 cm³/mol. The Morgan fingerprint density at radius 2 is 1.56 bits per heavy atom. The van der Waals surface area contributed by atoms with Gasteiger partial charge in [-0.2, -0.15) is 0 Å². The summed E-state index contributed by atoms with van der Waals surface area (Å²) in [6.45, 7) is -0.252. The Morgan fingerprint density at radius 1 is 0.926 bits per heavy atom. The number of amides is 2. The Morgan fingerprint density at radius 3 is 2.07 bits per heavy atom. The van der Waals surface area contributed by atoms with Crippen molar-refractivity contribution in [2.24, 2.45) is 0 Å². The Kier molecular flexibility index (Phi) is 5.93. The molecule has 0 spiro atoms. The number of nitrogens with one attached hydrogen (secondary N) is 2. The summed E-state index contributed by atoms with van der Waals surface area (Å²) in [4.78, 5) is 24.8. The van der Waals surface area contributed by atoms with Gasteiger partial charge in [-0.25, -0.2) is 8.78 Å². The van der Waals surface area contributed by atoms with E-state index < -0.39 is 23.6 Å². The highest BCUT2D eigenvalue weighted by molar-refractivity contribution is 7.12. The van der Waals surface area contributed by atoms with Crippen LogP contribution < -0.4 is 10.6 Å². The second-order valence-corrected chi connectivity index (χ2v) is 6.72. The lowest BCUT2D eigenvalue weighted by Crippen LogP contribution is -2.38. The van der Waals surface area contributed by atoms with Crippen LogP contribution in [0.25, 0.3) is 0 Å². The van der Waals surface area contributed by atoms with Gasteiger partial charge in [-0.3, -0.25) is 9.59 Å². The van der Waals surface area contributed by atoms with Crippen LogP contribution in [-0.4, -0.2) is 18.4 Å². The number of halogens is 2. The molecule has 0 saturated heterocycles. The number of carbonyl (C=O) groups excluding carboxylic acids is 2. The van der Waals surface area contributed by atoms with Crippen LogP contribution in [0.15, 0.2) is 66.0 Å². The summed E-state index contributed by atoms with van der Waals surface area (Å²) in [7, 11) is 0. The molecule has 138 valence electrons. The lowest BCUT2D eigenvalue weighted by molar-refractivity contribution is -0.120. The smallest absolute Gasteiger partial charge is 0.261 e. The third-order valence-corrected chi connectivity index (χ3v) is 4.69. The van der Waals surface area contributed by atoms with E-state index in [0.29, 0.717) is 16.0 Å². The average Bonchev–Trinajstić information content (AvgIpc) is 3.19. The van der Waals surface area contributed by atoms with E-state index in [1.165, 1.54) is 47.7 Å². The van der Waals surface area contributed by atoms with E-state index >= 15 is 0 Å². The molecule has 0 aliphatic rings. The van der Waals surface area contributed by atoms with Gasteiger partial charge in [0.1, 0.15) is 11.6 Å². The van der Waals surface area contributed by atoms with Crippen molar-refractivity contribution in [3.8, 4) is 0 Å². The third-order valence-electron chi connectivity index (χ3n) is 3.82. The summed E-state index contributed by atoms with van der Waals surface area (Å²) >= 11 is 1.27. The molecule has 0 aliphatic heterocycles. The fourth-order valence-electron chi connectivity index (χ4n) is 2.60. The molecule has 7 heteroatoms. The molecule has 0 bridgehead atoms. The second kappa shape index (κ2) is 8.55. The summed E-state index contributed by atoms with van der Waals surface area (Å²) in [5.74, 6) is -1.75. The summed E-state index contributed by atoms with van der Waals surface area (Å²) in [6, 6.07) is 14.1. The Bertz CT molecular complexity index is 899. The van der Waals surface area contributed by atoms with Crippen molar-refractivity contribution >= 4 is 23.2 Å². The van der Waals surface area contributed by atoms with Crippen LogP contribution in [0.4, 0.5) is 8.78 Å². The maximum absolute atomic E-state index is 13.6. The van der Waals surface area contributed by atoms with E-state index in [0.717, 1.165) is 0 Å². The molecular formula is C20H16F2N2O2S. The van der Waals surface area contributed by atoms with Crippen LogP contribution >= 0.6 is 11.3 Å². The highest BCUT2D eigenvalue weighted by atomic mass is 32.1. The van der Waals surface area contributed by atoms with Gasteiger partial charge in [0.25, 0.3) is 5.91 Å². The van der Waals surface area contributed by atoms with E-state index in [9.17, 15) is 18.4 Å². The van der Waals surface area contributed by atoms with Gasteiger partial charge in [0.2, 0.25) is 5.91 Å². The lowest BCUT2D eigenvalue weighted by Gasteiger charge is -2.20. The first kappa shape index (κ1) is 18.7. The number of rotatable bonds is 6. The fraction of sp³-hybridized carbons (Fsp3) is 0.100. The highest BCUT2D eigenvalue weighted by Gasteiger charge is 2.19. The van der Waals surface area contributed by atoms with Gasteiger partial charge in [-0.1, -0.05) is 30.3 Å². The molecule has 0 fully saturated rings. The zero-order chi connectivity index (χ0) is 19.2. The summed E-state index contributed by atoms with van der Waals surface area (Å²) in [5.41, 5.74) is 0.942. The monoisotopic (exact) mass is 386 g/mol. The van der Waals surface area contributed by atoms with Crippen LogP contribution in [0.3, 0.4) is 0 Å². The average molecular weight is 386 g/mol. The molecule has 2 N–H and O–H groups in total. The van der Waals surface area contributed by atoms with Crippen molar-refractivity contribution in [3.63, 3.8) is 0 Å². The molecule has 4 nitrogen and oxygen atoms in total. The van der Waals surface area contributed by atoms with Crippen molar-refractivity contribution in [2.45, 2.75) is 6.04 Å². The van der Waals surface area contributed by atoms with Crippen LogP contribution in [-0.2, 0) is 4.79 Å². The maximum atomic E-state index is 13.6. The molecule has 3 rings (SSSR count). The van der Waals surface area contributed by atoms with Crippen molar-refractivity contribution in [1.82, 2.24) is 10.6 Å². The molecule has 0 atom stereocenters. The molecule has 0 aliphatic carbocycles. The van der Waals surface area contributed by atoms with Gasteiger partial charge < -0.3 is 10.6 Å². The quantitative estimate of drug-likeness (QED) is 0.679. The van der Waals surface area contributed by atoms with Crippen molar-refractivity contribution in [3.05, 3.63) is 93.7 Å². The van der Waals surface area contributed by atoms with E-state index in [4.69, 9.17) is 0 Å². The van der Waals surface area contributed by atoms with Gasteiger partial charge in [-0.05, 0) is 46.8 Å². The van der Waals surface area contributed by atoms with Gasteiger partial charge >= 0.3 is 0 Å².